The van der Waals surface area contributed by atoms with Crippen LogP contribution in [0.15, 0.2) is 54.6 Å². The summed E-state index contributed by atoms with van der Waals surface area (Å²) in [6.07, 6.45) is -4.77. The summed E-state index contributed by atoms with van der Waals surface area (Å²) in [6, 6.07) is 8.25. The second-order valence-corrected chi connectivity index (χ2v) is 6.95. The topological polar surface area (TPSA) is 165 Å². The van der Waals surface area contributed by atoms with Crippen LogP contribution in [0.3, 0.4) is 0 Å². The standard InChI is InChI=1S/C18H18F3NO8/c19-16(20,21)11-8-6-10(7-9-11)13-14(23,24)17(27,28)22(12-4-2-1-3-5-12)18(29,30)15(13,25)26/h1-9,13,23-30H. The van der Waals surface area contributed by atoms with E-state index in [0.29, 0.717) is 24.3 Å². The Labute approximate surface area is 166 Å². The highest BCUT2D eigenvalue weighted by Crippen LogP contribution is 2.53. The van der Waals surface area contributed by atoms with E-state index in [4.69, 9.17) is 0 Å². The molecule has 164 valence electrons. The Hall–Kier alpha value is -2.29. The van der Waals surface area contributed by atoms with Crippen molar-refractivity contribution in [2.45, 2.75) is 35.5 Å². The van der Waals surface area contributed by atoms with Crippen molar-refractivity contribution >= 4 is 5.69 Å². The largest absolute Gasteiger partial charge is 0.416 e. The fraction of sp³-hybridized carbons (Fsp3) is 0.333. The SMILES string of the molecule is OC1(O)C(c2ccc(C(F)(F)F)cc2)C(O)(O)C(O)(O)N(c2ccccc2)C1(O)O. The summed E-state index contributed by atoms with van der Waals surface area (Å²) in [6.45, 7) is 0. The van der Waals surface area contributed by atoms with E-state index in [1.165, 1.54) is 18.2 Å². The maximum atomic E-state index is 12.8. The van der Waals surface area contributed by atoms with Crippen LogP contribution in [0.5, 0.6) is 0 Å². The number of rotatable bonds is 2. The van der Waals surface area contributed by atoms with E-state index in [9.17, 15) is 54.0 Å². The Kier molecular flexibility index (Phi) is 4.93. The molecule has 1 heterocycles. The number of alkyl halides is 3. The highest BCUT2D eigenvalue weighted by Gasteiger charge is 2.78. The maximum Gasteiger partial charge on any atom is 0.416 e. The Morgan fingerprint density at radius 1 is 0.667 bits per heavy atom. The van der Waals surface area contributed by atoms with Gasteiger partial charge in [0, 0.05) is 5.69 Å². The number of aliphatic hydroxyl groups is 8. The average Bonchev–Trinajstić information content (AvgIpc) is 2.60. The lowest BCUT2D eigenvalue weighted by Gasteiger charge is -2.60. The highest BCUT2D eigenvalue weighted by atomic mass is 19.4. The predicted octanol–water partition coefficient (Wildman–Crippen LogP) is -1.05. The molecule has 0 bridgehead atoms. The minimum Gasteiger partial charge on any atom is -0.359 e. The van der Waals surface area contributed by atoms with Crippen LogP contribution in [-0.4, -0.2) is 64.2 Å². The third-order valence-electron chi connectivity index (χ3n) is 5.00. The molecule has 0 saturated carbocycles. The summed E-state index contributed by atoms with van der Waals surface area (Å²) in [5.41, 5.74) is -2.32. The van der Waals surface area contributed by atoms with Gasteiger partial charge in [0.25, 0.3) is 11.6 Å². The van der Waals surface area contributed by atoms with Crippen LogP contribution < -0.4 is 4.90 Å². The van der Waals surface area contributed by atoms with Crippen molar-refractivity contribution in [1.82, 2.24) is 0 Å². The Bertz CT molecular complexity index is 885. The van der Waals surface area contributed by atoms with Gasteiger partial charge in [-0.25, -0.2) is 0 Å². The molecule has 1 aliphatic heterocycles. The summed E-state index contributed by atoms with van der Waals surface area (Å²) in [5, 5.41) is 83.8. The van der Waals surface area contributed by atoms with Gasteiger partial charge < -0.3 is 40.9 Å². The van der Waals surface area contributed by atoms with Crippen LogP contribution in [-0.2, 0) is 6.18 Å². The third-order valence-corrected chi connectivity index (χ3v) is 5.00. The molecule has 0 aromatic heterocycles. The minimum absolute atomic E-state index is 0.263. The maximum absolute atomic E-state index is 12.8. The number of hydrogen-bond acceptors (Lipinski definition) is 9. The van der Waals surface area contributed by atoms with Crippen LogP contribution in [0, 0.1) is 0 Å². The van der Waals surface area contributed by atoms with Gasteiger partial charge in [-0.15, -0.1) is 0 Å². The Morgan fingerprint density at radius 3 is 1.50 bits per heavy atom. The number of benzene rings is 2. The van der Waals surface area contributed by atoms with E-state index in [1.807, 2.05) is 0 Å². The van der Waals surface area contributed by atoms with Crippen LogP contribution in [0.2, 0.25) is 0 Å². The Morgan fingerprint density at radius 2 is 1.10 bits per heavy atom. The van der Waals surface area contributed by atoms with E-state index in [0.717, 1.165) is 12.1 Å². The van der Waals surface area contributed by atoms with E-state index in [1.54, 1.807) is 0 Å². The molecular formula is C18H18F3NO8. The molecule has 0 atom stereocenters. The molecular weight excluding hydrogens is 415 g/mol. The van der Waals surface area contributed by atoms with Crippen molar-refractivity contribution < 1.29 is 54.0 Å². The van der Waals surface area contributed by atoms with Gasteiger partial charge >= 0.3 is 18.0 Å². The molecule has 2 aromatic rings. The fourth-order valence-electron chi connectivity index (χ4n) is 3.48. The lowest BCUT2D eigenvalue weighted by Crippen LogP contribution is -2.86. The molecule has 9 nitrogen and oxygen atoms in total. The van der Waals surface area contributed by atoms with Gasteiger partial charge in [0.15, 0.2) is 0 Å². The first-order valence-corrected chi connectivity index (χ1v) is 8.37. The second-order valence-electron chi connectivity index (χ2n) is 6.95. The van der Waals surface area contributed by atoms with Gasteiger partial charge in [-0.2, -0.15) is 13.2 Å². The summed E-state index contributed by atoms with van der Waals surface area (Å²) in [4.78, 5) is -0.263. The van der Waals surface area contributed by atoms with Gasteiger partial charge in [0.1, 0.15) is 5.92 Å². The molecule has 1 aliphatic rings. The summed E-state index contributed by atoms with van der Waals surface area (Å²) in [5.74, 6) is -18.5. The highest BCUT2D eigenvalue weighted by molar-refractivity contribution is 5.52. The molecule has 0 unspecified atom stereocenters. The van der Waals surface area contributed by atoms with Crippen molar-refractivity contribution in [3.63, 3.8) is 0 Å². The summed E-state index contributed by atoms with van der Waals surface area (Å²) < 4.78 is 38.4. The summed E-state index contributed by atoms with van der Waals surface area (Å²) >= 11 is 0. The monoisotopic (exact) mass is 433 g/mol. The smallest absolute Gasteiger partial charge is 0.359 e. The lowest BCUT2D eigenvalue weighted by atomic mass is 9.74. The van der Waals surface area contributed by atoms with Crippen LogP contribution in [0.1, 0.15) is 17.0 Å². The number of piperidine rings is 1. The van der Waals surface area contributed by atoms with Crippen molar-refractivity contribution in [3.8, 4) is 0 Å². The molecule has 12 heteroatoms. The van der Waals surface area contributed by atoms with Gasteiger partial charge in [-0.05, 0) is 29.8 Å². The first-order valence-electron chi connectivity index (χ1n) is 8.37. The van der Waals surface area contributed by atoms with Gasteiger partial charge in [0.05, 0.1) is 5.56 Å². The minimum atomic E-state index is -4.77. The normalized spacial score (nSPS) is 22.7. The van der Waals surface area contributed by atoms with E-state index < -0.39 is 52.3 Å². The zero-order chi connectivity index (χ0) is 22.8. The zero-order valence-electron chi connectivity index (χ0n) is 14.9. The second kappa shape index (κ2) is 6.60. The van der Waals surface area contributed by atoms with Crippen molar-refractivity contribution in [3.05, 3.63) is 65.7 Å². The number of nitrogens with zero attached hydrogens (tertiary/aromatic N) is 1. The molecule has 0 amide bonds. The zero-order valence-corrected chi connectivity index (χ0v) is 14.9. The first-order chi connectivity index (χ1) is 13.6. The molecule has 1 fully saturated rings. The van der Waals surface area contributed by atoms with Gasteiger partial charge in [-0.3, -0.25) is 4.90 Å². The molecule has 30 heavy (non-hydrogen) atoms. The van der Waals surface area contributed by atoms with Crippen LogP contribution >= 0.6 is 0 Å². The van der Waals surface area contributed by atoms with E-state index in [-0.39, 0.29) is 4.90 Å². The van der Waals surface area contributed by atoms with Gasteiger partial charge in [-0.1, -0.05) is 30.3 Å². The molecule has 0 radical (unpaired) electrons. The molecule has 1 saturated heterocycles. The summed E-state index contributed by atoms with van der Waals surface area (Å²) in [7, 11) is 0. The number of hydrogen-bond donors (Lipinski definition) is 8. The molecule has 3 rings (SSSR count). The molecule has 0 aliphatic carbocycles. The Balaban J connectivity index is 2.20. The van der Waals surface area contributed by atoms with Crippen LogP contribution in [0.25, 0.3) is 0 Å². The average molecular weight is 433 g/mol. The van der Waals surface area contributed by atoms with Crippen molar-refractivity contribution in [2.24, 2.45) is 0 Å². The van der Waals surface area contributed by atoms with E-state index in [2.05, 4.69) is 0 Å². The van der Waals surface area contributed by atoms with E-state index >= 15 is 0 Å². The quantitative estimate of drug-likeness (QED) is 0.276. The van der Waals surface area contributed by atoms with Gasteiger partial charge in [0.2, 0.25) is 0 Å². The fourth-order valence-corrected chi connectivity index (χ4v) is 3.48. The number of para-hydroxylation sites is 1. The molecule has 2 aromatic carbocycles. The first kappa shape index (κ1) is 22.4. The number of anilines is 1. The third kappa shape index (κ3) is 3.05. The van der Waals surface area contributed by atoms with Crippen molar-refractivity contribution in [2.75, 3.05) is 4.90 Å². The number of halogens is 3. The molecule has 8 N–H and O–H groups in total. The van der Waals surface area contributed by atoms with Crippen molar-refractivity contribution in [1.29, 1.82) is 0 Å². The molecule has 0 spiro atoms. The van der Waals surface area contributed by atoms with Crippen LogP contribution in [0.4, 0.5) is 18.9 Å². The lowest BCUT2D eigenvalue weighted by molar-refractivity contribution is -0.483. The predicted molar refractivity (Wildman–Crippen MR) is 91.8 cm³/mol.